The molecule has 0 radical (unpaired) electrons. The van der Waals surface area contributed by atoms with Crippen LogP contribution < -0.4 is 10.5 Å². The molecule has 0 amide bonds. The van der Waals surface area contributed by atoms with Gasteiger partial charge in [-0.15, -0.1) is 0 Å². The molecule has 2 rings (SSSR count). The van der Waals surface area contributed by atoms with Gasteiger partial charge in [0, 0.05) is 20.2 Å². The Labute approximate surface area is 125 Å². The fraction of sp³-hybridized carbons (Fsp3) is 0.571. The first-order chi connectivity index (χ1) is 9.82. The van der Waals surface area contributed by atoms with Gasteiger partial charge in [0.15, 0.2) is 0 Å². The summed E-state index contributed by atoms with van der Waals surface area (Å²) in [6.07, 6.45) is 1.62. The van der Waals surface area contributed by atoms with Crippen LogP contribution in [-0.4, -0.2) is 45.6 Å². The normalized spacial score (nSPS) is 24.0. The highest BCUT2D eigenvalue weighted by atomic mass is 32.2. The molecule has 1 fully saturated rings. The van der Waals surface area contributed by atoms with Gasteiger partial charge in [0.1, 0.15) is 5.75 Å². The summed E-state index contributed by atoms with van der Waals surface area (Å²) in [5, 5.41) is 0. The SMILES string of the molecule is COc1ccc(S(=O)(=O)N2CCCC(C)(OC)C2)cc1N. The van der Waals surface area contributed by atoms with Crippen molar-refractivity contribution in [3.8, 4) is 5.75 Å². The summed E-state index contributed by atoms with van der Waals surface area (Å²) in [7, 11) is -0.466. The lowest BCUT2D eigenvalue weighted by atomic mass is 9.96. The summed E-state index contributed by atoms with van der Waals surface area (Å²) in [6, 6.07) is 4.53. The van der Waals surface area contributed by atoms with E-state index in [4.69, 9.17) is 15.2 Å². The quantitative estimate of drug-likeness (QED) is 0.851. The van der Waals surface area contributed by atoms with Crippen LogP contribution in [0.1, 0.15) is 19.8 Å². The number of benzene rings is 1. The fourth-order valence-corrected chi connectivity index (χ4v) is 4.18. The lowest BCUT2D eigenvalue weighted by Crippen LogP contribution is -2.49. The van der Waals surface area contributed by atoms with Crippen LogP contribution in [0.3, 0.4) is 0 Å². The zero-order valence-electron chi connectivity index (χ0n) is 12.6. The maximum Gasteiger partial charge on any atom is 0.243 e. The molecule has 6 nitrogen and oxygen atoms in total. The summed E-state index contributed by atoms with van der Waals surface area (Å²) in [5.41, 5.74) is 5.67. The number of sulfonamides is 1. The third-order valence-corrected chi connectivity index (χ3v) is 5.80. The van der Waals surface area contributed by atoms with E-state index in [-0.39, 0.29) is 4.90 Å². The molecule has 0 spiro atoms. The van der Waals surface area contributed by atoms with Gasteiger partial charge in [0.25, 0.3) is 0 Å². The minimum absolute atomic E-state index is 0.182. The Morgan fingerprint density at radius 2 is 2.05 bits per heavy atom. The molecule has 21 heavy (non-hydrogen) atoms. The Morgan fingerprint density at radius 1 is 1.33 bits per heavy atom. The molecule has 118 valence electrons. The van der Waals surface area contributed by atoms with E-state index in [0.29, 0.717) is 24.5 Å². The van der Waals surface area contributed by atoms with E-state index in [1.807, 2.05) is 6.92 Å². The minimum atomic E-state index is -3.57. The van der Waals surface area contributed by atoms with Gasteiger partial charge in [-0.1, -0.05) is 0 Å². The second kappa shape index (κ2) is 5.82. The number of nitrogen functional groups attached to an aromatic ring is 1. The van der Waals surface area contributed by atoms with E-state index in [1.54, 1.807) is 13.2 Å². The van der Waals surface area contributed by atoms with E-state index in [2.05, 4.69) is 0 Å². The van der Waals surface area contributed by atoms with Crippen molar-refractivity contribution in [3.63, 3.8) is 0 Å². The number of nitrogens with zero attached hydrogens (tertiary/aromatic N) is 1. The molecular weight excluding hydrogens is 292 g/mol. The van der Waals surface area contributed by atoms with Crippen molar-refractivity contribution >= 4 is 15.7 Å². The summed E-state index contributed by atoms with van der Waals surface area (Å²) in [4.78, 5) is 0.182. The summed E-state index contributed by atoms with van der Waals surface area (Å²) in [5.74, 6) is 0.467. The molecule has 1 aliphatic rings. The standard InChI is InChI=1S/C14H22N2O4S/c1-14(20-3)7-4-8-16(10-14)21(17,18)11-5-6-13(19-2)12(15)9-11/h5-6,9H,4,7-8,10,15H2,1-3H3. The second-order valence-corrected chi connectivity index (χ2v) is 7.44. The number of nitrogens with two attached hydrogens (primary N) is 1. The Bertz CT molecular complexity index is 617. The summed E-state index contributed by atoms with van der Waals surface area (Å²) in [6.45, 7) is 2.77. The Kier molecular flexibility index (Phi) is 4.46. The smallest absolute Gasteiger partial charge is 0.243 e. The van der Waals surface area contributed by atoms with Crippen LogP contribution in [0.15, 0.2) is 23.1 Å². The van der Waals surface area contributed by atoms with Crippen molar-refractivity contribution in [2.24, 2.45) is 0 Å². The molecule has 0 aliphatic carbocycles. The molecule has 1 aromatic rings. The molecule has 0 bridgehead atoms. The lowest BCUT2D eigenvalue weighted by molar-refractivity contribution is -0.0319. The van der Waals surface area contributed by atoms with E-state index in [0.717, 1.165) is 12.8 Å². The maximum absolute atomic E-state index is 12.7. The number of ether oxygens (including phenoxy) is 2. The van der Waals surface area contributed by atoms with Crippen LogP contribution in [0, 0.1) is 0 Å². The predicted molar refractivity (Wildman–Crippen MR) is 80.8 cm³/mol. The average molecular weight is 314 g/mol. The molecule has 2 N–H and O–H groups in total. The number of rotatable bonds is 4. The Balaban J connectivity index is 2.31. The van der Waals surface area contributed by atoms with Gasteiger partial charge in [0.05, 0.1) is 23.3 Å². The zero-order valence-corrected chi connectivity index (χ0v) is 13.4. The highest BCUT2D eigenvalue weighted by Crippen LogP contribution is 2.30. The molecule has 1 unspecified atom stereocenters. The van der Waals surface area contributed by atoms with Crippen LogP contribution in [0.4, 0.5) is 5.69 Å². The number of hydrogen-bond acceptors (Lipinski definition) is 5. The van der Waals surface area contributed by atoms with Crippen LogP contribution in [0.25, 0.3) is 0 Å². The molecular formula is C14H22N2O4S. The number of piperidine rings is 1. The van der Waals surface area contributed by atoms with Gasteiger partial charge in [-0.3, -0.25) is 0 Å². The van der Waals surface area contributed by atoms with Crippen molar-refractivity contribution in [2.45, 2.75) is 30.3 Å². The molecule has 1 atom stereocenters. The molecule has 7 heteroatoms. The van der Waals surface area contributed by atoms with Crippen LogP contribution >= 0.6 is 0 Å². The monoisotopic (exact) mass is 314 g/mol. The number of hydrogen-bond donors (Lipinski definition) is 1. The van der Waals surface area contributed by atoms with E-state index >= 15 is 0 Å². The molecule has 1 heterocycles. The van der Waals surface area contributed by atoms with Gasteiger partial charge in [-0.25, -0.2) is 8.42 Å². The van der Waals surface area contributed by atoms with Gasteiger partial charge >= 0.3 is 0 Å². The summed E-state index contributed by atoms with van der Waals surface area (Å²) >= 11 is 0. The van der Waals surface area contributed by atoms with Crippen LogP contribution in [0.5, 0.6) is 5.75 Å². The number of methoxy groups -OCH3 is 2. The zero-order chi connectivity index (χ0) is 15.7. The molecule has 0 saturated carbocycles. The molecule has 1 saturated heterocycles. The second-order valence-electron chi connectivity index (χ2n) is 5.50. The Morgan fingerprint density at radius 3 is 2.62 bits per heavy atom. The van der Waals surface area contributed by atoms with Gasteiger partial charge < -0.3 is 15.2 Å². The summed E-state index contributed by atoms with van der Waals surface area (Å²) < 4.78 is 37.4. The van der Waals surface area contributed by atoms with Gasteiger partial charge in [0.2, 0.25) is 10.0 Å². The van der Waals surface area contributed by atoms with Crippen molar-refractivity contribution < 1.29 is 17.9 Å². The largest absolute Gasteiger partial charge is 0.495 e. The molecule has 0 aromatic heterocycles. The highest BCUT2D eigenvalue weighted by Gasteiger charge is 2.37. The van der Waals surface area contributed by atoms with Crippen molar-refractivity contribution in [3.05, 3.63) is 18.2 Å². The fourth-order valence-electron chi connectivity index (χ4n) is 2.55. The van der Waals surface area contributed by atoms with E-state index in [9.17, 15) is 8.42 Å². The first kappa shape index (κ1) is 16.1. The van der Waals surface area contributed by atoms with Crippen LogP contribution in [0.2, 0.25) is 0 Å². The minimum Gasteiger partial charge on any atom is -0.495 e. The predicted octanol–water partition coefficient (Wildman–Crippen LogP) is 1.47. The van der Waals surface area contributed by atoms with Crippen molar-refractivity contribution in [2.75, 3.05) is 33.0 Å². The molecule has 1 aromatic carbocycles. The van der Waals surface area contributed by atoms with Crippen molar-refractivity contribution in [1.29, 1.82) is 0 Å². The topological polar surface area (TPSA) is 81.9 Å². The first-order valence-electron chi connectivity index (χ1n) is 6.81. The third kappa shape index (κ3) is 3.14. The molecule has 1 aliphatic heterocycles. The van der Waals surface area contributed by atoms with Crippen molar-refractivity contribution in [1.82, 2.24) is 4.31 Å². The van der Waals surface area contributed by atoms with E-state index in [1.165, 1.54) is 23.5 Å². The lowest BCUT2D eigenvalue weighted by Gasteiger charge is -2.38. The van der Waals surface area contributed by atoms with E-state index < -0.39 is 15.6 Å². The van der Waals surface area contributed by atoms with Gasteiger partial charge in [-0.05, 0) is 38.0 Å². The van der Waals surface area contributed by atoms with Crippen LogP contribution in [-0.2, 0) is 14.8 Å². The number of anilines is 1. The maximum atomic E-state index is 12.7. The third-order valence-electron chi connectivity index (χ3n) is 3.96. The van der Waals surface area contributed by atoms with Gasteiger partial charge in [-0.2, -0.15) is 4.31 Å². The Hall–Kier alpha value is -1.31. The average Bonchev–Trinajstić information content (AvgIpc) is 2.47. The highest BCUT2D eigenvalue weighted by molar-refractivity contribution is 7.89. The first-order valence-corrected chi connectivity index (χ1v) is 8.25.